The van der Waals surface area contributed by atoms with Gasteiger partial charge in [0.15, 0.2) is 0 Å². The molecule has 0 spiro atoms. The zero-order valence-corrected chi connectivity index (χ0v) is 7.59. The van der Waals surface area contributed by atoms with Gasteiger partial charge in [0.2, 0.25) is 0 Å². The molecule has 4 nitrogen and oxygen atoms in total. The summed E-state index contributed by atoms with van der Waals surface area (Å²) >= 11 is 0. The van der Waals surface area contributed by atoms with Crippen LogP contribution in [-0.4, -0.2) is 23.7 Å². The van der Waals surface area contributed by atoms with Gasteiger partial charge in [-0.05, 0) is 5.56 Å². The SMILES string of the molecule is CN1CN(Cc2ccccc2)N=N1. The molecule has 1 aliphatic heterocycles. The summed E-state index contributed by atoms with van der Waals surface area (Å²) in [5.74, 6) is 0. The lowest BCUT2D eigenvalue weighted by Gasteiger charge is -2.12. The molecule has 68 valence electrons. The van der Waals surface area contributed by atoms with Crippen molar-refractivity contribution < 1.29 is 0 Å². The summed E-state index contributed by atoms with van der Waals surface area (Å²) in [7, 11) is 1.91. The monoisotopic (exact) mass is 176 g/mol. The van der Waals surface area contributed by atoms with Gasteiger partial charge in [-0.1, -0.05) is 40.8 Å². The molecule has 1 heterocycles. The Labute approximate surface area is 77.4 Å². The topological polar surface area (TPSA) is 31.2 Å². The van der Waals surface area contributed by atoms with Gasteiger partial charge in [-0.3, -0.25) is 10.0 Å². The lowest BCUT2D eigenvalue weighted by Crippen LogP contribution is -2.21. The molecule has 0 saturated heterocycles. The first kappa shape index (κ1) is 8.04. The molecule has 1 aliphatic rings. The predicted molar refractivity (Wildman–Crippen MR) is 49.5 cm³/mol. The zero-order valence-electron chi connectivity index (χ0n) is 7.59. The standard InChI is InChI=1S/C9H12N4/c1-12-8-13(11-10-12)7-9-5-3-2-4-6-9/h2-6H,7-8H2,1H3. The van der Waals surface area contributed by atoms with Crippen molar-refractivity contribution in [1.82, 2.24) is 10.0 Å². The molecule has 2 rings (SSSR count). The number of benzene rings is 1. The average Bonchev–Trinajstić information content (AvgIpc) is 2.53. The number of hydrogen-bond donors (Lipinski definition) is 0. The minimum atomic E-state index is 0.773. The number of rotatable bonds is 2. The maximum atomic E-state index is 4.00. The summed E-state index contributed by atoms with van der Waals surface area (Å²) in [5, 5.41) is 11.6. The highest BCUT2D eigenvalue weighted by molar-refractivity contribution is 5.14. The highest BCUT2D eigenvalue weighted by Gasteiger charge is 2.10. The van der Waals surface area contributed by atoms with Crippen LogP contribution < -0.4 is 0 Å². The van der Waals surface area contributed by atoms with Gasteiger partial charge < -0.3 is 0 Å². The van der Waals surface area contributed by atoms with Gasteiger partial charge in [0.05, 0.1) is 6.54 Å². The molecule has 0 N–H and O–H groups in total. The molecule has 1 aromatic carbocycles. The Kier molecular flexibility index (Phi) is 2.12. The van der Waals surface area contributed by atoms with Crippen molar-refractivity contribution in [2.24, 2.45) is 10.4 Å². The Morgan fingerprint density at radius 3 is 2.62 bits per heavy atom. The molecule has 0 atom stereocenters. The van der Waals surface area contributed by atoms with E-state index in [-0.39, 0.29) is 0 Å². The summed E-state index contributed by atoms with van der Waals surface area (Å²) in [6.07, 6.45) is 0. The summed E-state index contributed by atoms with van der Waals surface area (Å²) in [6, 6.07) is 10.3. The number of nitrogens with zero attached hydrogens (tertiary/aromatic N) is 4. The molecule has 0 bridgehead atoms. The Balaban J connectivity index is 1.96. The van der Waals surface area contributed by atoms with Crippen molar-refractivity contribution in [3.05, 3.63) is 35.9 Å². The zero-order chi connectivity index (χ0) is 9.10. The van der Waals surface area contributed by atoms with Crippen LogP contribution >= 0.6 is 0 Å². The first-order valence-electron chi connectivity index (χ1n) is 4.26. The van der Waals surface area contributed by atoms with Crippen LogP contribution in [-0.2, 0) is 6.54 Å². The van der Waals surface area contributed by atoms with Gasteiger partial charge >= 0.3 is 0 Å². The van der Waals surface area contributed by atoms with E-state index in [9.17, 15) is 0 Å². The predicted octanol–water partition coefficient (Wildman–Crippen LogP) is 1.67. The highest BCUT2D eigenvalue weighted by Crippen LogP contribution is 2.10. The van der Waals surface area contributed by atoms with Crippen molar-refractivity contribution >= 4 is 0 Å². The fourth-order valence-electron chi connectivity index (χ4n) is 1.29. The second-order valence-corrected chi connectivity index (χ2v) is 3.13. The smallest absolute Gasteiger partial charge is 0.127 e. The maximum Gasteiger partial charge on any atom is 0.127 e. The Morgan fingerprint density at radius 2 is 2.00 bits per heavy atom. The molecular formula is C9H12N4. The quantitative estimate of drug-likeness (QED) is 0.686. The second-order valence-electron chi connectivity index (χ2n) is 3.13. The molecule has 0 aromatic heterocycles. The lowest BCUT2D eigenvalue weighted by molar-refractivity contribution is 0.232. The van der Waals surface area contributed by atoms with E-state index >= 15 is 0 Å². The molecule has 13 heavy (non-hydrogen) atoms. The molecular weight excluding hydrogens is 164 g/mol. The normalized spacial score (nSPS) is 15.5. The van der Waals surface area contributed by atoms with Crippen LogP contribution in [0.2, 0.25) is 0 Å². The van der Waals surface area contributed by atoms with E-state index in [4.69, 9.17) is 0 Å². The van der Waals surface area contributed by atoms with E-state index in [0.717, 1.165) is 13.2 Å². The molecule has 0 saturated carbocycles. The average molecular weight is 176 g/mol. The van der Waals surface area contributed by atoms with E-state index in [1.54, 1.807) is 0 Å². The van der Waals surface area contributed by atoms with Crippen molar-refractivity contribution in [3.8, 4) is 0 Å². The first-order chi connectivity index (χ1) is 6.34. The highest BCUT2D eigenvalue weighted by atomic mass is 15.8. The maximum absolute atomic E-state index is 4.00. The van der Waals surface area contributed by atoms with Crippen LogP contribution in [0.25, 0.3) is 0 Å². The summed E-state index contributed by atoms with van der Waals surface area (Å²) in [5.41, 5.74) is 1.26. The molecule has 4 heteroatoms. The Bertz CT molecular complexity index is 296. The largest absolute Gasteiger partial charge is 0.259 e. The molecule has 0 amide bonds. The van der Waals surface area contributed by atoms with E-state index in [1.165, 1.54) is 5.56 Å². The van der Waals surface area contributed by atoms with Crippen molar-refractivity contribution in [2.45, 2.75) is 6.54 Å². The van der Waals surface area contributed by atoms with Crippen LogP contribution in [0.4, 0.5) is 0 Å². The second kappa shape index (κ2) is 3.43. The Hall–Kier alpha value is -1.58. The van der Waals surface area contributed by atoms with Crippen LogP contribution in [0.15, 0.2) is 40.8 Å². The molecule has 0 radical (unpaired) electrons. The third kappa shape index (κ3) is 1.96. The van der Waals surface area contributed by atoms with E-state index in [2.05, 4.69) is 22.6 Å². The van der Waals surface area contributed by atoms with E-state index in [1.807, 2.05) is 35.3 Å². The van der Waals surface area contributed by atoms with Gasteiger partial charge in [0, 0.05) is 7.05 Å². The summed E-state index contributed by atoms with van der Waals surface area (Å²) in [4.78, 5) is 0. The van der Waals surface area contributed by atoms with Crippen molar-refractivity contribution in [1.29, 1.82) is 0 Å². The first-order valence-corrected chi connectivity index (χ1v) is 4.26. The fraction of sp³-hybridized carbons (Fsp3) is 0.333. The molecule has 1 aromatic rings. The van der Waals surface area contributed by atoms with Gasteiger partial charge in [-0.15, -0.1) is 0 Å². The molecule has 0 fully saturated rings. The van der Waals surface area contributed by atoms with Gasteiger partial charge in [-0.25, -0.2) is 0 Å². The summed E-state index contributed by atoms with van der Waals surface area (Å²) < 4.78 is 0. The minimum absolute atomic E-state index is 0.773. The van der Waals surface area contributed by atoms with Crippen LogP contribution in [0.1, 0.15) is 5.56 Å². The van der Waals surface area contributed by atoms with Crippen molar-refractivity contribution in [3.63, 3.8) is 0 Å². The molecule has 0 unspecified atom stereocenters. The Morgan fingerprint density at radius 1 is 1.23 bits per heavy atom. The lowest BCUT2D eigenvalue weighted by atomic mass is 10.2. The van der Waals surface area contributed by atoms with Gasteiger partial charge in [0.1, 0.15) is 6.67 Å². The van der Waals surface area contributed by atoms with Crippen LogP contribution in [0.3, 0.4) is 0 Å². The van der Waals surface area contributed by atoms with E-state index in [0.29, 0.717) is 0 Å². The van der Waals surface area contributed by atoms with Gasteiger partial charge in [0.25, 0.3) is 0 Å². The van der Waals surface area contributed by atoms with Crippen molar-refractivity contribution in [2.75, 3.05) is 13.7 Å². The van der Waals surface area contributed by atoms with Crippen LogP contribution in [0, 0.1) is 0 Å². The van der Waals surface area contributed by atoms with Crippen LogP contribution in [0.5, 0.6) is 0 Å². The fourth-order valence-corrected chi connectivity index (χ4v) is 1.29. The molecule has 0 aliphatic carbocycles. The third-order valence-electron chi connectivity index (χ3n) is 1.90. The van der Waals surface area contributed by atoms with Gasteiger partial charge in [-0.2, -0.15) is 0 Å². The number of hydrogen-bond acceptors (Lipinski definition) is 4. The minimum Gasteiger partial charge on any atom is -0.259 e. The summed E-state index contributed by atoms with van der Waals surface area (Å²) in [6.45, 7) is 1.60. The van der Waals surface area contributed by atoms with E-state index < -0.39 is 0 Å². The third-order valence-corrected chi connectivity index (χ3v) is 1.90.